The van der Waals surface area contributed by atoms with E-state index in [4.69, 9.17) is 4.74 Å². The molecule has 0 spiro atoms. The van der Waals surface area contributed by atoms with Gasteiger partial charge in [0.15, 0.2) is 6.21 Å². The van der Waals surface area contributed by atoms with Crippen LogP contribution in [0.15, 0.2) is 83.7 Å². The van der Waals surface area contributed by atoms with E-state index >= 15 is 0 Å². The fourth-order valence-electron chi connectivity index (χ4n) is 3.26. The van der Waals surface area contributed by atoms with Gasteiger partial charge in [0.1, 0.15) is 5.60 Å². The molecule has 0 aliphatic heterocycles. The van der Waals surface area contributed by atoms with E-state index in [9.17, 15) is 4.79 Å². The minimum atomic E-state index is -0.553. The van der Waals surface area contributed by atoms with Crippen LogP contribution in [0.3, 0.4) is 0 Å². The minimum Gasteiger partial charge on any atom is -0.443 e. The highest BCUT2D eigenvalue weighted by Gasteiger charge is 2.29. The molecule has 0 heterocycles. The average molecular weight is 405 g/mol. The van der Waals surface area contributed by atoms with E-state index in [1.54, 1.807) is 11.9 Å². The number of rotatable bonds is 5. The number of likely N-dealkylation sites (N-methyl/N-ethyl adjacent to an activating group) is 1. The van der Waals surface area contributed by atoms with Crippen molar-refractivity contribution >= 4 is 23.7 Å². The lowest BCUT2D eigenvalue weighted by atomic mass is 10.2. The van der Waals surface area contributed by atoms with E-state index < -0.39 is 5.60 Å². The van der Waals surface area contributed by atoms with Gasteiger partial charge in [-0.3, -0.25) is 4.90 Å². The number of allylic oxidation sites excluding steroid dienone is 2. The van der Waals surface area contributed by atoms with Crippen molar-refractivity contribution in [1.29, 1.82) is 0 Å². The normalized spacial score (nSPS) is 15.7. The van der Waals surface area contributed by atoms with E-state index in [1.807, 2.05) is 93.8 Å². The lowest BCUT2D eigenvalue weighted by Gasteiger charge is -2.26. The third-order valence-electron chi connectivity index (χ3n) is 4.65. The van der Waals surface area contributed by atoms with Gasteiger partial charge in [-0.05, 0) is 51.3 Å². The third kappa shape index (κ3) is 5.83. The molecule has 0 saturated carbocycles. The summed E-state index contributed by atoms with van der Waals surface area (Å²) in [5.74, 6) is 0. The molecule has 30 heavy (non-hydrogen) atoms. The van der Waals surface area contributed by atoms with Crippen LogP contribution in [-0.4, -0.2) is 29.9 Å². The maximum atomic E-state index is 12.8. The van der Waals surface area contributed by atoms with Gasteiger partial charge >= 0.3 is 6.09 Å². The summed E-state index contributed by atoms with van der Waals surface area (Å²) in [4.78, 5) is 17.7. The molecule has 0 atom stereocenters. The van der Waals surface area contributed by atoms with Gasteiger partial charge in [0.05, 0.1) is 5.70 Å². The number of amides is 1. The van der Waals surface area contributed by atoms with Crippen molar-refractivity contribution in [2.45, 2.75) is 39.2 Å². The van der Waals surface area contributed by atoms with Crippen molar-refractivity contribution in [3.8, 4) is 0 Å². The number of hydrogen-bond donors (Lipinski definition) is 2. The molecule has 0 saturated heterocycles. The van der Waals surface area contributed by atoms with Crippen LogP contribution in [0, 0.1) is 0 Å². The molecule has 0 bridgehead atoms. The molecule has 0 aromatic heterocycles. The molecule has 5 heteroatoms. The number of carbonyl (C=O) groups is 1. The van der Waals surface area contributed by atoms with Crippen LogP contribution < -0.4 is 10.3 Å². The number of carbonyl (C=O) groups excluding carboxylic acids is 1. The summed E-state index contributed by atoms with van der Waals surface area (Å²) >= 11 is 0. The molecule has 5 nitrogen and oxygen atoms in total. The Labute approximate surface area is 178 Å². The first-order valence-electron chi connectivity index (χ1n) is 10.2. The van der Waals surface area contributed by atoms with Crippen molar-refractivity contribution in [2.24, 2.45) is 0 Å². The average Bonchev–Trinajstić information content (AvgIpc) is 3.13. The van der Waals surface area contributed by atoms with Crippen molar-refractivity contribution in [3.05, 3.63) is 83.7 Å². The highest BCUT2D eigenvalue weighted by molar-refractivity contribution is 5.82. The van der Waals surface area contributed by atoms with Gasteiger partial charge in [-0.15, -0.1) is 0 Å². The van der Waals surface area contributed by atoms with Gasteiger partial charge in [0.2, 0.25) is 5.69 Å². The Morgan fingerprint density at radius 1 is 1.03 bits per heavy atom. The Kier molecular flexibility index (Phi) is 6.72. The number of anilines is 1. The number of hydrogen-bond acceptors (Lipinski definition) is 3. The summed E-state index contributed by atoms with van der Waals surface area (Å²) in [6, 6.07) is 20.0. The van der Waals surface area contributed by atoms with Crippen LogP contribution >= 0.6 is 0 Å². The zero-order chi connectivity index (χ0) is 21.6. The number of benzene rings is 2. The van der Waals surface area contributed by atoms with Gasteiger partial charge in [-0.1, -0.05) is 36.4 Å². The van der Waals surface area contributed by atoms with Crippen LogP contribution in [0.5, 0.6) is 0 Å². The van der Waals surface area contributed by atoms with Crippen LogP contribution in [0.4, 0.5) is 16.2 Å². The molecule has 1 aliphatic rings. The SMILES string of the molecule is CN(C(=O)OC(C)(C)C)C1=C(C=[NH+]c2ccccc2)CC/C1=C\Nc1ccccc1. The zero-order valence-corrected chi connectivity index (χ0v) is 18.1. The van der Waals surface area contributed by atoms with Gasteiger partial charge in [0, 0.05) is 36.6 Å². The summed E-state index contributed by atoms with van der Waals surface area (Å²) in [5.41, 5.74) is 4.45. The smallest absolute Gasteiger partial charge is 0.414 e. The van der Waals surface area contributed by atoms with Crippen molar-refractivity contribution < 1.29 is 14.5 Å². The Balaban J connectivity index is 1.91. The largest absolute Gasteiger partial charge is 0.443 e. The van der Waals surface area contributed by atoms with Gasteiger partial charge in [-0.2, -0.15) is 0 Å². The van der Waals surface area contributed by atoms with Crippen LogP contribution in [0.25, 0.3) is 0 Å². The molecular weight excluding hydrogens is 374 g/mol. The van der Waals surface area contributed by atoms with Crippen molar-refractivity contribution in [1.82, 2.24) is 4.90 Å². The number of nitrogens with one attached hydrogen (secondary N) is 2. The first-order chi connectivity index (χ1) is 14.3. The van der Waals surface area contributed by atoms with E-state index in [0.717, 1.165) is 41.1 Å². The molecule has 0 radical (unpaired) electrons. The molecular formula is C25H30N3O2+. The van der Waals surface area contributed by atoms with Gasteiger partial charge in [0.25, 0.3) is 0 Å². The van der Waals surface area contributed by atoms with Crippen LogP contribution in [-0.2, 0) is 4.74 Å². The van der Waals surface area contributed by atoms with E-state index in [0.29, 0.717) is 0 Å². The summed E-state index contributed by atoms with van der Waals surface area (Å²) in [6.07, 6.45) is 5.27. The van der Waals surface area contributed by atoms with E-state index in [2.05, 4.69) is 10.3 Å². The monoisotopic (exact) mass is 404 g/mol. The number of para-hydroxylation sites is 2. The molecule has 1 aliphatic carbocycles. The number of ether oxygens (including phenoxy) is 1. The second-order valence-electron chi connectivity index (χ2n) is 8.25. The summed E-state index contributed by atoms with van der Waals surface area (Å²) in [7, 11) is 1.77. The fraction of sp³-hybridized carbons (Fsp3) is 0.280. The second-order valence-corrected chi connectivity index (χ2v) is 8.25. The Morgan fingerprint density at radius 3 is 2.30 bits per heavy atom. The topological polar surface area (TPSA) is 55.5 Å². The summed E-state index contributed by atoms with van der Waals surface area (Å²) in [5, 5.41) is 3.34. The van der Waals surface area contributed by atoms with E-state index in [1.165, 1.54) is 0 Å². The molecule has 0 fully saturated rings. The number of nitrogens with zero attached hydrogens (tertiary/aromatic N) is 1. The minimum absolute atomic E-state index is 0.365. The molecule has 2 N–H and O–H groups in total. The molecule has 1 amide bonds. The van der Waals surface area contributed by atoms with Crippen LogP contribution in [0.2, 0.25) is 0 Å². The Bertz CT molecular complexity index is 955. The molecule has 2 aromatic rings. The lowest BCUT2D eigenvalue weighted by Crippen LogP contribution is -2.61. The molecule has 3 rings (SSSR count). The lowest BCUT2D eigenvalue weighted by molar-refractivity contribution is -0.347. The summed E-state index contributed by atoms with van der Waals surface area (Å²) in [6.45, 7) is 5.62. The third-order valence-corrected chi connectivity index (χ3v) is 4.65. The molecule has 0 unspecified atom stereocenters. The molecule has 156 valence electrons. The highest BCUT2D eigenvalue weighted by Crippen LogP contribution is 2.33. The first-order valence-corrected chi connectivity index (χ1v) is 10.2. The Morgan fingerprint density at radius 2 is 1.67 bits per heavy atom. The molecule has 2 aromatic carbocycles. The maximum Gasteiger partial charge on any atom is 0.414 e. The predicted octanol–water partition coefficient (Wildman–Crippen LogP) is 4.38. The van der Waals surface area contributed by atoms with Crippen molar-refractivity contribution in [3.63, 3.8) is 0 Å². The van der Waals surface area contributed by atoms with Crippen molar-refractivity contribution in [2.75, 3.05) is 12.4 Å². The quantitative estimate of drug-likeness (QED) is 0.727. The van der Waals surface area contributed by atoms with Gasteiger partial charge < -0.3 is 10.1 Å². The first kappa shape index (κ1) is 21.4. The Hall–Kier alpha value is -3.34. The predicted molar refractivity (Wildman–Crippen MR) is 122 cm³/mol. The second kappa shape index (κ2) is 9.44. The highest BCUT2D eigenvalue weighted by atomic mass is 16.6. The standard InChI is InChI=1S/C25H29N3O2/c1-25(2,3)30-24(29)28(4)23-19(17-26-21-11-7-5-8-12-21)15-16-20(23)18-27-22-13-9-6-10-14-22/h5-14,17-18,26H,15-16H2,1-4H3/p+1/b19-17+,27-18?. The summed E-state index contributed by atoms with van der Waals surface area (Å²) < 4.78 is 5.61. The zero-order valence-electron chi connectivity index (χ0n) is 18.1. The fourth-order valence-corrected chi connectivity index (χ4v) is 3.26. The van der Waals surface area contributed by atoms with Crippen LogP contribution in [0.1, 0.15) is 33.6 Å². The maximum absolute atomic E-state index is 12.8. The van der Waals surface area contributed by atoms with E-state index in [-0.39, 0.29) is 6.09 Å². The van der Waals surface area contributed by atoms with Gasteiger partial charge in [-0.25, -0.2) is 9.79 Å².